The summed E-state index contributed by atoms with van der Waals surface area (Å²) in [7, 11) is 0. The molecule has 2 nitrogen and oxygen atoms in total. The van der Waals surface area contributed by atoms with E-state index < -0.39 is 0 Å². The van der Waals surface area contributed by atoms with Crippen LogP contribution in [0.1, 0.15) is 30.4 Å². The first-order valence-electron chi connectivity index (χ1n) is 6.03. The van der Waals surface area contributed by atoms with E-state index in [9.17, 15) is 4.79 Å². The summed E-state index contributed by atoms with van der Waals surface area (Å²) in [5, 5.41) is 2.99. The Bertz CT molecular complexity index is 438. The fourth-order valence-electron chi connectivity index (χ4n) is 2.06. The zero-order valence-corrected chi connectivity index (χ0v) is 11.3. The summed E-state index contributed by atoms with van der Waals surface area (Å²) in [5.41, 5.74) is 3.45. The molecule has 0 spiro atoms. The smallest absolute Gasteiger partial charge is 0.224 e. The van der Waals surface area contributed by atoms with Crippen molar-refractivity contribution in [2.75, 3.05) is 11.1 Å². The van der Waals surface area contributed by atoms with Crippen molar-refractivity contribution >= 4 is 24.2 Å². The van der Waals surface area contributed by atoms with Crippen LogP contribution in [0, 0.1) is 19.3 Å². The second-order valence-corrected chi connectivity index (χ2v) is 5.52. The average molecular weight is 249 g/mol. The molecular weight excluding hydrogens is 230 g/mol. The zero-order chi connectivity index (χ0) is 12.5. The summed E-state index contributed by atoms with van der Waals surface area (Å²) in [4.78, 5) is 11.9. The van der Waals surface area contributed by atoms with Crippen LogP contribution in [0.15, 0.2) is 18.2 Å². The lowest BCUT2D eigenvalue weighted by Crippen LogP contribution is -2.18. The maximum absolute atomic E-state index is 11.9. The number of aryl methyl sites for hydroxylation is 2. The van der Waals surface area contributed by atoms with Crippen molar-refractivity contribution in [1.82, 2.24) is 0 Å². The van der Waals surface area contributed by atoms with Crippen LogP contribution in [0.3, 0.4) is 0 Å². The third kappa shape index (κ3) is 3.03. The molecule has 1 aliphatic carbocycles. The number of thiol groups is 1. The monoisotopic (exact) mass is 249 g/mol. The predicted octanol–water partition coefficient (Wildman–Crippen LogP) is 3.34. The first-order valence-corrected chi connectivity index (χ1v) is 6.66. The Labute approximate surface area is 108 Å². The van der Waals surface area contributed by atoms with Gasteiger partial charge in [0, 0.05) is 12.1 Å². The van der Waals surface area contributed by atoms with Crippen LogP contribution >= 0.6 is 12.6 Å². The molecule has 0 bridgehead atoms. The Balaban J connectivity index is 1.98. The number of carbonyl (C=O) groups excluding carboxylic acids is 1. The van der Waals surface area contributed by atoms with E-state index in [1.165, 1.54) is 5.56 Å². The molecule has 2 rings (SSSR count). The van der Waals surface area contributed by atoms with Gasteiger partial charge in [-0.05, 0) is 49.5 Å². The quantitative estimate of drug-likeness (QED) is 0.787. The highest BCUT2D eigenvalue weighted by Gasteiger charge is 2.42. The molecule has 92 valence electrons. The molecule has 0 heterocycles. The van der Waals surface area contributed by atoms with E-state index in [2.05, 4.69) is 30.9 Å². The van der Waals surface area contributed by atoms with Crippen LogP contribution in [-0.2, 0) is 4.79 Å². The van der Waals surface area contributed by atoms with Crippen LogP contribution in [-0.4, -0.2) is 11.7 Å². The molecule has 1 aliphatic rings. The number of nitrogens with one attached hydrogen (secondary N) is 1. The molecule has 1 aromatic rings. The van der Waals surface area contributed by atoms with Crippen LogP contribution in [0.2, 0.25) is 0 Å². The highest BCUT2D eigenvalue weighted by Crippen LogP contribution is 2.49. The first kappa shape index (κ1) is 12.5. The molecule has 1 N–H and O–H groups in total. The van der Waals surface area contributed by atoms with E-state index in [4.69, 9.17) is 0 Å². The van der Waals surface area contributed by atoms with E-state index in [1.54, 1.807) is 0 Å². The number of benzene rings is 1. The Hall–Kier alpha value is -0.960. The Morgan fingerprint density at radius 1 is 1.41 bits per heavy atom. The van der Waals surface area contributed by atoms with Gasteiger partial charge in [-0.25, -0.2) is 0 Å². The van der Waals surface area contributed by atoms with Crippen molar-refractivity contribution in [2.45, 2.75) is 33.1 Å². The molecule has 0 aliphatic heterocycles. The maximum Gasteiger partial charge on any atom is 0.224 e. The molecule has 0 radical (unpaired) electrons. The third-order valence-corrected chi connectivity index (χ3v) is 4.15. The number of amides is 1. The number of hydrogen-bond acceptors (Lipinski definition) is 2. The lowest BCUT2D eigenvalue weighted by Gasteiger charge is -2.13. The summed E-state index contributed by atoms with van der Waals surface area (Å²) in [6, 6.07) is 6.08. The van der Waals surface area contributed by atoms with E-state index >= 15 is 0 Å². The molecule has 17 heavy (non-hydrogen) atoms. The molecule has 3 heteroatoms. The zero-order valence-electron chi connectivity index (χ0n) is 10.4. The van der Waals surface area contributed by atoms with Gasteiger partial charge in [-0.1, -0.05) is 17.7 Å². The topological polar surface area (TPSA) is 29.1 Å². The molecular formula is C14H19NOS. The number of anilines is 1. The lowest BCUT2D eigenvalue weighted by molar-refractivity contribution is -0.117. The van der Waals surface area contributed by atoms with Crippen molar-refractivity contribution in [2.24, 2.45) is 5.41 Å². The van der Waals surface area contributed by atoms with Gasteiger partial charge in [0.25, 0.3) is 0 Å². The van der Waals surface area contributed by atoms with Crippen molar-refractivity contribution in [3.05, 3.63) is 29.3 Å². The van der Waals surface area contributed by atoms with Gasteiger partial charge < -0.3 is 5.32 Å². The predicted molar refractivity (Wildman–Crippen MR) is 74.7 cm³/mol. The second kappa shape index (κ2) is 4.73. The minimum Gasteiger partial charge on any atom is -0.326 e. The molecule has 0 unspecified atom stereocenters. The largest absolute Gasteiger partial charge is 0.326 e. The summed E-state index contributed by atoms with van der Waals surface area (Å²) < 4.78 is 0. The molecule has 0 aromatic heterocycles. The lowest BCUT2D eigenvalue weighted by atomic mass is 10.0. The highest BCUT2D eigenvalue weighted by atomic mass is 32.1. The number of carbonyl (C=O) groups is 1. The SMILES string of the molecule is Cc1ccc(NC(=O)CC2(CS)CC2)c(C)c1. The summed E-state index contributed by atoms with van der Waals surface area (Å²) in [6.07, 6.45) is 2.87. The molecule has 1 fully saturated rings. The molecule has 1 amide bonds. The molecule has 1 saturated carbocycles. The normalized spacial score (nSPS) is 16.6. The number of rotatable bonds is 4. The van der Waals surface area contributed by atoms with Gasteiger partial charge in [-0.3, -0.25) is 4.79 Å². The summed E-state index contributed by atoms with van der Waals surface area (Å²) in [6.45, 7) is 4.08. The third-order valence-electron chi connectivity index (χ3n) is 3.48. The molecule has 0 atom stereocenters. The van der Waals surface area contributed by atoms with Crippen LogP contribution in [0.25, 0.3) is 0 Å². The van der Waals surface area contributed by atoms with Gasteiger partial charge in [0.1, 0.15) is 0 Å². The maximum atomic E-state index is 11.9. The van der Waals surface area contributed by atoms with Gasteiger partial charge in [0.15, 0.2) is 0 Å². The van der Waals surface area contributed by atoms with Gasteiger partial charge >= 0.3 is 0 Å². The Morgan fingerprint density at radius 3 is 2.65 bits per heavy atom. The minimum atomic E-state index is 0.114. The standard InChI is InChI=1S/C14H19NOS/c1-10-3-4-12(11(2)7-10)15-13(16)8-14(9-17)5-6-14/h3-4,7,17H,5-6,8-9H2,1-2H3,(H,15,16). The fraction of sp³-hybridized carbons (Fsp3) is 0.500. The van der Waals surface area contributed by atoms with Gasteiger partial charge in [0.2, 0.25) is 5.91 Å². The van der Waals surface area contributed by atoms with E-state index in [0.29, 0.717) is 6.42 Å². The minimum absolute atomic E-state index is 0.114. The number of hydrogen-bond donors (Lipinski definition) is 2. The molecule has 0 saturated heterocycles. The Kier molecular flexibility index (Phi) is 3.48. The second-order valence-electron chi connectivity index (χ2n) is 5.20. The van der Waals surface area contributed by atoms with Crippen molar-refractivity contribution in [1.29, 1.82) is 0 Å². The van der Waals surface area contributed by atoms with Gasteiger partial charge in [-0.15, -0.1) is 0 Å². The summed E-state index contributed by atoms with van der Waals surface area (Å²) >= 11 is 4.32. The highest BCUT2D eigenvalue weighted by molar-refractivity contribution is 7.80. The summed E-state index contributed by atoms with van der Waals surface area (Å²) in [5.74, 6) is 0.927. The average Bonchev–Trinajstić information content (AvgIpc) is 3.03. The van der Waals surface area contributed by atoms with Crippen LogP contribution < -0.4 is 5.32 Å². The Morgan fingerprint density at radius 2 is 2.12 bits per heavy atom. The van der Waals surface area contributed by atoms with Crippen molar-refractivity contribution in [3.8, 4) is 0 Å². The van der Waals surface area contributed by atoms with Crippen LogP contribution in [0.4, 0.5) is 5.69 Å². The van der Waals surface area contributed by atoms with Gasteiger partial charge in [0.05, 0.1) is 0 Å². The molecule has 1 aromatic carbocycles. The van der Waals surface area contributed by atoms with E-state index in [1.807, 2.05) is 19.1 Å². The van der Waals surface area contributed by atoms with Crippen LogP contribution in [0.5, 0.6) is 0 Å². The van der Waals surface area contributed by atoms with E-state index in [0.717, 1.165) is 29.8 Å². The van der Waals surface area contributed by atoms with Crippen molar-refractivity contribution < 1.29 is 4.79 Å². The van der Waals surface area contributed by atoms with Crippen molar-refractivity contribution in [3.63, 3.8) is 0 Å². The fourth-order valence-corrected chi connectivity index (χ4v) is 2.48. The van der Waals surface area contributed by atoms with Gasteiger partial charge in [-0.2, -0.15) is 12.6 Å². The van der Waals surface area contributed by atoms with E-state index in [-0.39, 0.29) is 11.3 Å². The first-order chi connectivity index (χ1) is 8.04.